The van der Waals surface area contributed by atoms with Crippen LogP contribution in [0.5, 0.6) is 5.75 Å². The summed E-state index contributed by atoms with van der Waals surface area (Å²) >= 11 is 1.35. The monoisotopic (exact) mass is 427 g/mol. The van der Waals surface area contributed by atoms with Crippen molar-refractivity contribution in [1.82, 2.24) is 15.5 Å². The zero-order chi connectivity index (χ0) is 20.5. The summed E-state index contributed by atoms with van der Waals surface area (Å²) in [6.45, 7) is 6.00. The van der Waals surface area contributed by atoms with Gasteiger partial charge in [-0.05, 0) is 44.5 Å². The predicted molar refractivity (Wildman–Crippen MR) is 103 cm³/mol. The van der Waals surface area contributed by atoms with Crippen molar-refractivity contribution < 1.29 is 53.8 Å². The summed E-state index contributed by atoms with van der Waals surface area (Å²) in [6, 6.07) is 5.07. The number of carboxylic acid groups (broad SMARTS) is 1. The Morgan fingerprint density at radius 2 is 1.97 bits per heavy atom. The predicted octanol–water partition coefficient (Wildman–Crippen LogP) is -2.46. The maximum absolute atomic E-state index is 12.3. The maximum Gasteiger partial charge on any atom is 1.00 e. The first-order chi connectivity index (χ1) is 13.2. The number of fused-ring (bicyclic) bond motifs is 1. The zero-order valence-corrected chi connectivity index (χ0v) is 19.6. The Morgan fingerprint density at radius 1 is 1.31 bits per heavy atom. The SMILES string of the molecule is CCOc1ccc(/C=C/NC(=O)NC2C(=O)N3C2SC(C)(C)[C@@H]3C(=O)[O-])cc1.[Na+]. The Balaban J connectivity index is 0.00000300. The summed E-state index contributed by atoms with van der Waals surface area (Å²) in [5.41, 5.74) is 0.875. The van der Waals surface area contributed by atoms with Gasteiger partial charge in [-0.15, -0.1) is 11.8 Å². The van der Waals surface area contributed by atoms with Crippen LogP contribution in [-0.4, -0.2) is 51.6 Å². The second-order valence-corrected chi connectivity index (χ2v) is 8.78. The van der Waals surface area contributed by atoms with Crippen LogP contribution >= 0.6 is 11.8 Å². The van der Waals surface area contributed by atoms with Crippen LogP contribution in [0.2, 0.25) is 0 Å². The van der Waals surface area contributed by atoms with Gasteiger partial charge in [-0.25, -0.2) is 4.79 Å². The van der Waals surface area contributed by atoms with Crippen LogP contribution < -0.4 is 50.0 Å². The molecule has 3 rings (SSSR count). The second kappa shape index (κ2) is 9.42. The van der Waals surface area contributed by atoms with E-state index in [1.165, 1.54) is 22.9 Å². The molecular formula is C19H22N3NaO5S. The van der Waals surface area contributed by atoms with Gasteiger partial charge in [0, 0.05) is 10.9 Å². The van der Waals surface area contributed by atoms with E-state index in [1.54, 1.807) is 19.9 Å². The fraction of sp³-hybridized carbons (Fsp3) is 0.421. The van der Waals surface area contributed by atoms with Gasteiger partial charge >= 0.3 is 35.6 Å². The molecular weight excluding hydrogens is 405 g/mol. The number of nitrogens with zero attached hydrogens (tertiary/aromatic N) is 1. The van der Waals surface area contributed by atoms with Crippen molar-refractivity contribution in [3.8, 4) is 5.75 Å². The van der Waals surface area contributed by atoms with Crippen molar-refractivity contribution in [3.05, 3.63) is 36.0 Å². The number of rotatable bonds is 6. The van der Waals surface area contributed by atoms with Crippen molar-refractivity contribution in [2.45, 2.75) is 43.0 Å². The number of carbonyl (C=O) groups is 3. The third-order valence-corrected chi connectivity index (χ3v) is 6.20. The van der Waals surface area contributed by atoms with Crippen molar-refractivity contribution in [2.24, 2.45) is 0 Å². The van der Waals surface area contributed by atoms with Gasteiger partial charge in [0.25, 0.3) is 0 Å². The molecule has 0 aromatic heterocycles. The number of aliphatic carboxylic acids is 1. The minimum absolute atomic E-state index is 0. The van der Waals surface area contributed by atoms with E-state index in [1.807, 2.05) is 31.2 Å². The van der Waals surface area contributed by atoms with Crippen LogP contribution in [0.25, 0.3) is 6.08 Å². The fourth-order valence-corrected chi connectivity index (χ4v) is 4.99. The third kappa shape index (κ3) is 4.91. The minimum Gasteiger partial charge on any atom is -0.548 e. The molecule has 1 aromatic rings. The number of thioether (sulfide) groups is 1. The number of nitrogens with one attached hydrogen (secondary N) is 2. The summed E-state index contributed by atoms with van der Waals surface area (Å²) in [5, 5.41) is 16.1. The molecule has 2 fully saturated rings. The zero-order valence-electron chi connectivity index (χ0n) is 16.8. The quantitative estimate of drug-likeness (QED) is 0.385. The number of urea groups is 1. The van der Waals surface area contributed by atoms with Crippen molar-refractivity contribution in [1.29, 1.82) is 0 Å². The molecule has 1 aromatic carbocycles. The molecule has 0 spiro atoms. The first-order valence-corrected chi connectivity index (χ1v) is 9.80. The molecule has 2 heterocycles. The van der Waals surface area contributed by atoms with Gasteiger partial charge in [0.15, 0.2) is 0 Å². The van der Waals surface area contributed by atoms with E-state index in [-0.39, 0.29) is 29.6 Å². The van der Waals surface area contributed by atoms with E-state index in [4.69, 9.17) is 4.74 Å². The van der Waals surface area contributed by atoms with Gasteiger partial charge in [0.05, 0.1) is 18.6 Å². The van der Waals surface area contributed by atoms with E-state index in [0.717, 1.165) is 11.3 Å². The Kier molecular flexibility index (Phi) is 7.67. The number of β-lactam (4-membered cyclic amide) rings is 1. The smallest absolute Gasteiger partial charge is 0.548 e. The van der Waals surface area contributed by atoms with Crippen LogP contribution in [-0.2, 0) is 9.59 Å². The van der Waals surface area contributed by atoms with E-state index in [2.05, 4.69) is 10.6 Å². The van der Waals surface area contributed by atoms with E-state index < -0.39 is 40.1 Å². The van der Waals surface area contributed by atoms with Gasteiger partial charge in [0.2, 0.25) is 5.91 Å². The molecule has 2 N–H and O–H groups in total. The van der Waals surface area contributed by atoms with Gasteiger partial charge in [-0.1, -0.05) is 12.1 Å². The summed E-state index contributed by atoms with van der Waals surface area (Å²) < 4.78 is 4.68. The molecule has 0 saturated carbocycles. The molecule has 8 nitrogen and oxygen atoms in total. The Labute approximate surface area is 195 Å². The second-order valence-electron chi connectivity index (χ2n) is 7.01. The average Bonchev–Trinajstić information content (AvgIpc) is 2.89. The molecule has 2 unspecified atom stereocenters. The standard InChI is InChI=1S/C19H23N3O5S.Na/c1-4-27-12-7-5-11(6-8-12)9-10-20-18(26)21-13-15(23)22-14(17(24)25)19(2,3)28-16(13)22;/h5-10,13-14,16H,4H2,1-3H3,(H,24,25)(H2,20,21,26);/q;+1/p-1/b10-9+;/t13?,14-,16?;/m0./s1. The normalized spacial score (nSPS) is 24.3. The summed E-state index contributed by atoms with van der Waals surface area (Å²) in [7, 11) is 0. The summed E-state index contributed by atoms with van der Waals surface area (Å²) in [4.78, 5) is 37.1. The van der Waals surface area contributed by atoms with Gasteiger partial charge in [-0.3, -0.25) is 4.79 Å². The number of carboxylic acids is 1. The first-order valence-electron chi connectivity index (χ1n) is 8.92. The molecule has 10 heteroatoms. The maximum atomic E-state index is 12.3. The number of ether oxygens (including phenoxy) is 1. The van der Waals surface area contributed by atoms with Gasteiger partial charge < -0.3 is 30.2 Å². The van der Waals surface area contributed by atoms with E-state index >= 15 is 0 Å². The first kappa shape index (κ1) is 23.6. The number of amides is 3. The van der Waals surface area contributed by atoms with Crippen LogP contribution in [0.1, 0.15) is 26.3 Å². The molecule has 3 atom stereocenters. The Bertz CT molecular complexity index is 815. The van der Waals surface area contributed by atoms with E-state index in [0.29, 0.717) is 6.61 Å². The van der Waals surface area contributed by atoms with Gasteiger partial charge in [-0.2, -0.15) is 0 Å². The molecule has 2 aliphatic heterocycles. The topological polar surface area (TPSA) is 111 Å². The summed E-state index contributed by atoms with van der Waals surface area (Å²) in [6.07, 6.45) is 3.19. The molecule has 29 heavy (non-hydrogen) atoms. The largest absolute Gasteiger partial charge is 1.00 e. The Hall–Kier alpha value is -1.68. The van der Waals surface area contributed by atoms with E-state index in [9.17, 15) is 19.5 Å². The van der Waals surface area contributed by atoms with Crippen LogP contribution in [0.4, 0.5) is 4.79 Å². The average molecular weight is 427 g/mol. The van der Waals surface area contributed by atoms with Crippen molar-refractivity contribution in [2.75, 3.05) is 6.61 Å². The molecule has 150 valence electrons. The molecule has 0 bridgehead atoms. The number of carbonyl (C=O) groups excluding carboxylic acids is 3. The van der Waals surface area contributed by atoms with Crippen LogP contribution in [0, 0.1) is 0 Å². The van der Waals surface area contributed by atoms with Crippen LogP contribution in [0.15, 0.2) is 30.5 Å². The minimum atomic E-state index is -1.28. The molecule has 2 saturated heterocycles. The third-order valence-electron chi connectivity index (χ3n) is 4.63. The number of benzene rings is 1. The van der Waals surface area contributed by atoms with Crippen LogP contribution in [0.3, 0.4) is 0 Å². The number of hydrogen-bond donors (Lipinski definition) is 2. The van der Waals surface area contributed by atoms with Crippen molar-refractivity contribution in [3.63, 3.8) is 0 Å². The fourth-order valence-electron chi connectivity index (χ4n) is 3.36. The van der Waals surface area contributed by atoms with Crippen molar-refractivity contribution >= 4 is 35.7 Å². The summed E-state index contributed by atoms with van der Waals surface area (Å²) in [5.74, 6) is -0.928. The molecule has 2 aliphatic rings. The Morgan fingerprint density at radius 3 is 2.55 bits per heavy atom. The molecule has 0 radical (unpaired) electrons. The molecule has 3 amide bonds. The van der Waals surface area contributed by atoms with Gasteiger partial charge in [0.1, 0.15) is 17.2 Å². The molecule has 0 aliphatic carbocycles. The number of hydrogen-bond acceptors (Lipinski definition) is 6.